The predicted molar refractivity (Wildman–Crippen MR) is 49.7 cm³/mol. The molecule has 82 valence electrons. The smallest absolute Gasteiger partial charge is 0.341 e. The number of halogens is 1. The molecule has 0 aromatic heterocycles. The van der Waals surface area contributed by atoms with Gasteiger partial charge in [0.05, 0.1) is 0 Å². The largest absolute Gasteiger partial charge is 0.479 e. The summed E-state index contributed by atoms with van der Waals surface area (Å²) in [6, 6.07) is 0. The second-order valence-corrected chi connectivity index (χ2v) is 4.47. The van der Waals surface area contributed by atoms with E-state index in [0.29, 0.717) is 18.8 Å². The van der Waals surface area contributed by atoms with E-state index in [1.807, 2.05) is 6.92 Å². The first-order valence-corrected chi connectivity index (χ1v) is 4.97. The summed E-state index contributed by atoms with van der Waals surface area (Å²) < 4.78 is 13.3. The summed E-state index contributed by atoms with van der Waals surface area (Å²) in [5.41, 5.74) is -1.67. The van der Waals surface area contributed by atoms with Gasteiger partial charge in [-0.25, -0.2) is 9.18 Å². The fraction of sp³-hybridized carbons (Fsp3) is 0.900. The van der Waals surface area contributed by atoms with E-state index >= 15 is 0 Å². The molecule has 0 aromatic carbocycles. The number of carbonyl (C=O) groups is 1. The second-order valence-electron chi connectivity index (χ2n) is 4.47. The number of rotatable bonds is 2. The molecule has 4 heteroatoms. The van der Waals surface area contributed by atoms with Crippen LogP contribution in [0.4, 0.5) is 4.39 Å². The molecule has 0 heterocycles. The van der Waals surface area contributed by atoms with Gasteiger partial charge in [-0.2, -0.15) is 0 Å². The number of aliphatic carboxylic acids is 1. The summed E-state index contributed by atoms with van der Waals surface area (Å²) in [4.78, 5) is 10.5. The van der Waals surface area contributed by atoms with E-state index in [1.54, 1.807) is 6.92 Å². The molecule has 14 heavy (non-hydrogen) atoms. The molecule has 1 saturated carbocycles. The van der Waals surface area contributed by atoms with Gasteiger partial charge in [-0.3, -0.25) is 0 Å². The molecular weight excluding hydrogens is 187 g/mol. The molecule has 1 fully saturated rings. The molecule has 0 saturated heterocycles. The molecule has 3 nitrogen and oxygen atoms in total. The number of hydrogen-bond acceptors (Lipinski definition) is 2. The van der Waals surface area contributed by atoms with Crippen LogP contribution in [-0.2, 0) is 4.79 Å². The van der Waals surface area contributed by atoms with Gasteiger partial charge in [0.15, 0.2) is 0 Å². The van der Waals surface area contributed by atoms with Gasteiger partial charge in [0.2, 0.25) is 6.17 Å². The Kier molecular flexibility index (Phi) is 3.14. The first-order valence-electron chi connectivity index (χ1n) is 4.97. The number of carboxylic acids is 1. The van der Waals surface area contributed by atoms with E-state index in [-0.39, 0.29) is 12.3 Å². The summed E-state index contributed by atoms with van der Waals surface area (Å²) in [5.74, 6) is -1.42. The van der Waals surface area contributed by atoms with Crippen molar-refractivity contribution in [2.45, 2.75) is 44.9 Å². The quantitative estimate of drug-likeness (QED) is 0.718. The lowest BCUT2D eigenvalue weighted by Gasteiger charge is -2.41. The fourth-order valence-corrected chi connectivity index (χ4v) is 2.24. The minimum absolute atomic E-state index is 0.239. The van der Waals surface area contributed by atoms with Crippen LogP contribution in [0.5, 0.6) is 0 Å². The first kappa shape index (κ1) is 11.4. The molecule has 1 aliphatic rings. The summed E-state index contributed by atoms with van der Waals surface area (Å²) >= 11 is 0. The lowest BCUT2D eigenvalue weighted by atomic mass is 9.70. The van der Waals surface area contributed by atoms with Crippen molar-refractivity contribution in [1.82, 2.24) is 0 Å². The number of hydrogen-bond donors (Lipinski definition) is 2. The third kappa shape index (κ3) is 1.90. The summed E-state index contributed by atoms with van der Waals surface area (Å²) in [6.45, 7) is 3.75. The summed E-state index contributed by atoms with van der Waals surface area (Å²) in [7, 11) is 0. The minimum atomic E-state index is -2.16. The van der Waals surface area contributed by atoms with E-state index in [0.717, 1.165) is 0 Å². The van der Waals surface area contributed by atoms with E-state index < -0.39 is 17.7 Å². The van der Waals surface area contributed by atoms with Crippen molar-refractivity contribution in [3.05, 3.63) is 0 Å². The zero-order chi connectivity index (χ0) is 10.9. The monoisotopic (exact) mass is 204 g/mol. The third-order valence-corrected chi connectivity index (χ3v) is 3.30. The third-order valence-electron chi connectivity index (χ3n) is 3.30. The lowest BCUT2D eigenvalue weighted by Crippen LogP contribution is -2.52. The van der Waals surface area contributed by atoms with Gasteiger partial charge in [-0.05, 0) is 31.1 Å². The molecule has 0 amide bonds. The molecule has 4 unspecified atom stereocenters. The molecule has 0 aromatic rings. The van der Waals surface area contributed by atoms with Crippen LogP contribution in [0.25, 0.3) is 0 Å². The van der Waals surface area contributed by atoms with Crippen LogP contribution < -0.4 is 0 Å². The highest BCUT2D eigenvalue weighted by atomic mass is 19.1. The Hall–Kier alpha value is -0.640. The molecular formula is C10H17FO3. The molecule has 2 N–H and O–H groups in total. The topological polar surface area (TPSA) is 57.5 Å². The number of alkyl halides is 1. The van der Waals surface area contributed by atoms with Gasteiger partial charge in [0.1, 0.15) is 5.60 Å². The van der Waals surface area contributed by atoms with Crippen LogP contribution in [-0.4, -0.2) is 28.0 Å². The average Bonchev–Trinajstić information content (AvgIpc) is 2.10. The van der Waals surface area contributed by atoms with Crippen LogP contribution in [0.1, 0.15) is 33.1 Å². The van der Waals surface area contributed by atoms with Gasteiger partial charge in [-0.15, -0.1) is 0 Å². The molecule has 1 rings (SSSR count). The summed E-state index contributed by atoms with van der Waals surface area (Å²) in [5, 5.41) is 18.5. The van der Waals surface area contributed by atoms with Crippen LogP contribution >= 0.6 is 0 Å². The van der Waals surface area contributed by atoms with Crippen molar-refractivity contribution in [2.24, 2.45) is 11.8 Å². The van der Waals surface area contributed by atoms with Crippen molar-refractivity contribution >= 4 is 5.97 Å². The second kappa shape index (κ2) is 3.85. The Bertz CT molecular complexity index is 231. The van der Waals surface area contributed by atoms with E-state index in [2.05, 4.69) is 0 Å². The zero-order valence-electron chi connectivity index (χ0n) is 8.53. The molecule has 0 bridgehead atoms. The highest BCUT2D eigenvalue weighted by Crippen LogP contribution is 2.39. The maximum atomic E-state index is 13.3. The normalized spacial score (nSPS) is 40.6. The Labute approximate surface area is 82.9 Å². The van der Waals surface area contributed by atoms with Crippen LogP contribution in [0, 0.1) is 11.8 Å². The molecule has 0 aliphatic heterocycles. The minimum Gasteiger partial charge on any atom is -0.479 e. The maximum Gasteiger partial charge on any atom is 0.341 e. The van der Waals surface area contributed by atoms with Crippen molar-refractivity contribution in [1.29, 1.82) is 0 Å². The molecule has 4 atom stereocenters. The first-order chi connectivity index (χ1) is 6.38. The van der Waals surface area contributed by atoms with Gasteiger partial charge in [0.25, 0.3) is 0 Å². The highest BCUT2D eigenvalue weighted by Gasteiger charge is 2.48. The van der Waals surface area contributed by atoms with Crippen molar-refractivity contribution < 1.29 is 19.4 Å². The van der Waals surface area contributed by atoms with Crippen LogP contribution in [0.2, 0.25) is 0 Å². The molecule has 0 spiro atoms. The Morgan fingerprint density at radius 3 is 2.57 bits per heavy atom. The van der Waals surface area contributed by atoms with Gasteiger partial charge in [-0.1, -0.05) is 13.8 Å². The Morgan fingerprint density at radius 2 is 2.14 bits per heavy atom. The predicted octanol–water partition coefficient (Wildman–Crippen LogP) is 1.60. The average molecular weight is 204 g/mol. The Balaban J connectivity index is 2.78. The SMILES string of the molecule is CC1CCC(O)(C(F)C(=O)O)C(C)C1. The van der Waals surface area contributed by atoms with Gasteiger partial charge < -0.3 is 10.2 Å². The lowest BCUT2D eigenvalue weighted by molar-refractivity contribution is -0.165. The molecule has 1 aliphatic carbocycles. The summed E-state index contributed by atoms with van der Waals surface area (Å²) in [6.07, 6.45) is -0.549. The van der Waals surface area contributed by atoms with Gasteiger partial charge in [0, 0.05) is 0 Å². The number of aliphatic hydroxyl groups is 1. The standard InChI is InChI=1S/C10H17FO3/c1-6-3-4-10(14,7(2)5-6)8(11)9(12)13/h6-8,14H,3-5H2,1-2H3,(H,12,13). The maximum absolute atomic E-state index is 13.3. The van der Waals surface area contributed by atoms with Crippen molar-refractivity contribution in [2.75, 3.05) is 0 Å². The zero-order valence-corrected chi connectivity index (χ0v) is 8.53. The van der Waals surface area contributed by atoms with E-state index in [4.69, 9.17) is 5.11 Å². The van der Waals surface area contributed by atoms with Gasteiger partial charge >= 0.3 is 5.97 Å². The van der Waals surface area contributed by atoms with Crippen LogP contribution in [0.15, 0.2) is 0 Å². The Morgan fingerprint density at radius 1 is 1.57 bits per heavy atom. The van der Waals surface area contributed by atoms with Crippen molar-refractivity contribution in [3.63, 3.8) is 0 Å². The highest BCUT2D eigenvalue weighted by molar-refractivity contribution is 5.73. The van der Waals surface area contributed by atoms with Crippen molar-refractivity contribution in [3.8, 4) is 0 Å². The van der Waals surface area contributed by atoms with E-state index in [1.165, 1.54) is 0 Å². The number of carboxylic acid groups (broad SMARTS) is 1. The fourth-order valence-electron chi connectivity index (χ4n) is 2.24. The van der Waals surface area contributed by atoms with E-state index in [9.17, 15) is 14.3 Å². The van der Waals surface area contributed by atoms with Crippen LogP contribution in [0.3, 0.4) is 0 Å². The molecule has 0 radical (unpaired) electrons.